The van der Waals surface area contributed by atoms with E-state index in [0.717, 1.165) is 25.1 Å². The van der Waals surface area contributed by atoms with Crippen LogP contribution in [-0.4, -0.2) is 6.54 Å². The van der Waals surface area contributed by atoms with Gasteiger partial charge in [0.2, 0.25) is 0 Å². The number of halogens is 3. The maximum atomic E-state index is 13.3. The van der Waals surface area contributed by atoms with E-state index in [0.29, 0.717) is 23.4 Å². The highest BCUT2D eigenvalue weighted by Crippen LogP contribution is 2.33. The van der Waals surface area contributed by atoms with Gasteiger partial charge in [0.05, 0.1) is 17.8 Å². The molecule has 0 spiro atoms. The molecule has 2 rings (SSSR count). The second-order valence-electron chi connectivity index (χ2n) is 4.18. The van der Waals surface area contributed by atoms with Crippen molar-refractivity contribution in [2.24, 2.45) is 0 Å². The highest BCUT2D eigenvalue weighted by Gasteiger charge is 2.15. The van der Waals surface area contributed by atoms with Crippen molar-refractivity contribution >= 4 is 11.6 Å². The predicted molar refractivity (Wildman–Crippen MR) is 71.1 cm³/mol. The Morgan fingerprint density at radius 3 is 2.68 bits per heavy atom. The maximum absolute atomic E-state index is 13.3. The van der Waals surface area contributed by atoms with Gasteiger partial charge >= 0.3 is 0 Å². The van der Waals surface area contributed by atoms with E-state index >= 15 is 0 Å². The van der Waals surface area contributed by atoms with Gasteiger partial charge in [0.25, 0.3) is 0 Å². The van der Waals surface area contributed by atoms with Crippen molar-refractivity contribution in [3.05, 3.63) is 46.9 Å². The van der Waals surface area contributed by atoms with Crippen molar-refractivity contribution in [2.45, 2.75) is 19.9 Å². The molecule has 1 heterocycles. The minimum absolute atomic E-state index is 0.164. The first kappa shape index (κ1) is 14.0. The van der Waals surface area contributed by atoms with Gasteiger partial charge in [-0.3, -0.25) is 0 Å². The van der Waals surface area contributed by atoms with Crippen LogP contribution in [0, 0.1) is 11.6 Å². The zero-order valence-electron chi connectivity index (χ0n) is 10.5. The molecule has 0 unspecified atom stereocenters. The average Bonchev–Trinajstić information content (AvgIpc) is 2.82. The lowest BCUT2D eigenvalue weighted by Crippen LogP contribution is -2.13. The van der Waals surface area contributed by atoms with Crippen LogP contribution in [0.1, 0.15) is 19.1 Å². The Balaban J connectivity index is 2.32. The third-order valence-electron chi connectivity index (χ3n) is 2.76. The molecule has 1 N–H and O–H groups in total. The average molecular weight is 286 g/mol. The van der Waals surface area contributed by atoms with E-state index in [1.54, 1.807) is 6.07 Å². The second kappa shape index (κ2) is 6.17. The third kappa shape index (κ3) is 3.14. The van der Waals surface area contributed by atoms with E-state index in [2.05, 4.69) is 12.2 Å². The minimum atomic E-state index is -0.956. The zero-order chi connectivity index (χ0) is 13.8. The van der Waals surface area contributed by atoms with Gasteiger partial charge in [0, 0.05) is 11.1 Å². The fourth-order valence-electron chi connectivity index (χ4n) is 1.83. The first-order chi connectivity index (χ1) is 9.13. The quantitative estimate of drug-likeness (QED) is 0.651. The molecule has 1 aromatic carbocycles. The van der Waals surface area contributed by atoms with Crippen molar-refractivity contribution in [3.8, 4) is 11.1 Å². The lowest BCUT2D eigenvalue weighted by molar-refractivity contribution is 0.484. The van der Waals surface area contributed by atoms with Crippen LogP contribution in [0.3, 0.4) is 0 Å². The predicted octanol–water partition coefficient (Wildman–Crippen LogP) is 4.38. The molecule has 0 radical (unpaired) electrons. The van der Waals surface area contributed by atoms with E-state index < -0.39 is 11.6 Å². The minimum Gasteiger partial charge on any atom is -0.467 e. The first-order valence-electron chi connectivity index (χ1n) is 6.05. The molecule has 0 bridgehead atoms. The number of furan rings is 1. The summed E-state index contributed by atoms with van der Waals surface area (Å²) in [5.41, 5.74) is 1.11. The van der Waals surface area contributed by atoms with Gasteiger partial charge in [-0.2, -0.15) is 0 Å². The molecule has 102 valence electrons. The Morgan fingerprint density at radius 1 is 1.21 bits per heavy atom. The summed E-state index contributed by atoms with van der Waals surface area (Å²) in [4.78, 5) is 0. The molecule has 5 heteroatoms. The Kier molecular flexibility index (Phi) is 4.56. The van der Waals surface area contributed by atoms with Crippen molar-refractivity contribution in [2.75, 3.05) is 6.54 Å². The number of hydrogen-bond acceptors (Lipinski definition) is 2. The van der Waals surface area contributed by atoms with Crippen LogP contribution in [0.2, 0.25) is 5.02 Å². The summed E-state index contributed by atoms with van der Waals surface area (Å²) in [6, 6.07) is 3.76. The van der Waals surface area contributed by atoms with Crippen LogP contribution >= 0.6 is 11.6 Å². The number of hydrogen-bond donors (Lipinski definition) is 1. The molecule has 19 heavy (non-hydrogen) atoms. The molecule has 0 atom stereocenters. The van der Waals surface area contributed by atoms with Crippen molar-refractivity contribution in [1.82, 2.24) is 5.32 Å². The van der Waals surface area contributed by atoms with E-state index in [1.807, 2.05) is 0 Å². The SMILES string of the molecule is CCCNCc1occc1-c1cc(F)c(F)cc1Cl. The molecular weight excluding hydrogens is 272 g/mol. The zero-order valence-corrected chi connectivity index (χ0v) is 11.2. The Hall–Kier alpha value is -1.39. The van der Waals surface area contributed by atoms with Crippen LogP contribution in [-0.2, 0) is 6.54 Å². The van der Waals surface area contributed by atoms with Gasteiger partial charge in [-0.15, -0.1) is 0 Å². The van der Waals surface area contributed by atoms with Gasteiger partial charge in [-0.1, -0.05) is 18.5 Å². The van der Waals surface area contributed by atoms with Crippen LogP contribution in [0.15, 0.2) is 28.9 Å². The van der Waals surface area contributed by atoms with Gasteiger partial charge in [-0.05, 0) is 31.2 Å². The number of rotatable bonds is 5. The number of nitrogens with one attached hydrogen (secondary N) is 1. The van der Waals surface area contributed by atoms with Crippen molar-refractivity contribution in [3.63, 3.8) is 0 Å². The molecule has 0 saturated heterocycles. The van der Waals surface area contributed by atoms with E-state index in [1.165, 1.54) is 6.26 Å². The fraction of sp³-hybridized carbons (Fsp3) is 0.286. The normalized spacial score (nSPS) is 10.9. The standard InChI is InChI=1S/C14H14ClF2NO/c1-2-4-18-8-14-9(3-5-19-14)10-6-12(16)13(17)7-11(10)15/h3,5-7,18H,2,4,8H2,1H3. The molecule has 0 amide bonds. The van der Waals surface area contributed by atoms with E-state index in [4.69, 9.17) is 16.0 Å². The third-order valence-corrected chi connectivity index (χ3v) is 3.07. The summed E-state index contributed by atoms with van der Waals surface area (Å²) in [6.45, 7) is 3.43. The maximum Gasteiger partial charge on any atom is 0.160 e. The molecule has 0 aliphatic rings. The molecule has 0 aliphatic carbocycles. The summed E-state index contributed by atoms with van der Waals surface area (Å²) in [5, 5.41) is 3.35. The van der Waals surface area contributed by atoms with E-state index in [-0.39, 0.29) is 5.02 Å². The summed E-state index contributed by atoms with van der Waals surface area (Å²) in [5.74, 6) is -1.22. The van der Waals surface area contributed by atoms with Crippen LogP contribution in [0.25, 0.3) is 11.1 Å². The van der Waals surface area contributed by atoms with Gasteiger partial charge in [0.15, 0.2) is 11.6 Å². The lowest BCUT2D eigenvalue weighted by Gasteiger charge is -2.07. The Morgan fingerprint density at radius 2 is 1.95 bits per heavy atom. The van der Waals surface area contributed by atoms with Gasteiger partial charge in [0.1, 0.15) is 5.76 Å². The van der Waals surface area contributed by atoms with Crippen molar-refractivity contribution in [1.29, 1.82) is 0 Å². The van der Waals surface area contributed by atoms with Crippen LogP contribution in [0.5, 0.6) is 0 Å². The molecule has 0 fully saturated rings. The summed E-state index contributed by atoms with van der Waals surface area (Å²) >= 11 is 5.96. The number of benzene rings is 1. The molecule has 0 aliphatic heterocycles. The smallest absolute Gasteiger partial charge is 0.160 e. The largest absolute Gasteiger partial charge is 0.467 e. The highest BCUT2D eigenvalue weighted by molar-refractivity contribution is 6.33. The molecular formula is C14H14ClF2NO. The Labute approximate surface area is 115 Å². The first-order valence-corrected chi connectivity index (χ1v) is 6.43. The van der Waals surface area contributed by atoms with Gasteiger partial charge < -0.3 is 9.73 Å². The highest BCUT2D eigenvalue weighted by atomic mass is 35.5. The summed E-state index contributed by atoms with van der Waals surface area (Å²) in [7, 11) is 0. The second-order valence-corrected chi connectivity index (χ2v) is 4.59. The molecule has 2 aromatic rings. The monoisotopic (exact) mass is 285 g/mol. The van der Waals surface area contributed by atoms with Crippen LogP contribution in [0.4, 0.5) is 8.78 Å². The van der Waals surface area contributed by atoms with Gasteiger partial charge in [-0.25, -0.2) is 8.78 Å². The molecule has 2 nitrogen and oxygen atoms in total. The lowest BCUT2D eigenvalue weighted by atomic mass is 10.1. The summed E-state index contributed by atoms with van der Waals surface area (Å²) < 4.78 is 31.7. The van der Waals surface area contributed by atoms with E-state index in [9.17, 15) is 8.78 Å². The topological polar surface area (TPSA) is 25.2 Å². The fourth-order valence-corrected chi connectivity index (χ4v) is 2.08. The Bertz CT molecular complexity index is 569. The van der Waals surface area contributed by atoms with Crippen molar-refractivity contribution < 1.29 is 13.2 Å². The molecule has 1 aromatic heterocycles. The summed E-state index contributed by atoms with van der Waals surface area (Å²) in [6.07, 6.45) is 2.51. The van der Waals surface area contributed by atoms with Crippen LogP contribution < -0.4 is 5.32 Å². The molecule has 0 saturated carbocycles.